The summed E-state index contributed by atoms with van der Waals surface area (Å²) >= 11 is 0. The number of nitrogens with zero attached hydrogens (tertiary/aromatic N) is 1. The van der Waals surface area contributed by atoms with E-state index in [0.29, 0.717) is 5.56 Å². The molecule has 1 amide bonds. The van der Waals surface area contributed by atoms with Crippen LogP contribution < -0.4 is 10.5 Å². The molecule has 4 nitrogen and oxygen atoms in total. The van der Waals surface area contributed by atoms with Gasteiger partial charge >= 0.3 is 0 Å². The largest absolute Gasteiger partial charge is 0.494 e. The van der Waals surface area contributed by atoms with Crippen LogP contribution in [0.25, 0.3) is 0 Å². The Morgan fingerprint density at radius 3 is 2.33 bits per heavy atom. The number of hydrogen-bond donors (Lipinski definition) is 1. The van der Waals surface area contributed by atoms with Gasteiger partial charge in [-0.1, -0.05) is 0 Å². The highest BCUT2D eigenvalue weighted by molar-refractivity contribution is 5.92. The number of likely N-dealkylation sites (tertiary alicyclic amines) is 1. The smallest absolute Gasteiger partial charge is 0.248 e. The lowest BCUT2D eigenvalue weighted by molar-refractivity contribution is 0.100. The second-order valence-corrected chi connectivity index (χ2v) is 5.95. The number of amides is 1. The molecule has 1 aromatic carbocycles. The van der Waals surface area contributed by atoms with E-state index in [4.69, 9.17) is 10.5 Å². The van der Waals surface area contributed by atoms with E-state index in [9.17, 15) is 4.79 Å². The Morgan fingerprint density at radius 1 is 1.19 bits per heavy atom. The van der Waals surface area contributed by atoms with Gasteiger partial charge in [0, 0.05) is 25.2 Å². The van der Waals surface area contributed by atoms with Crippen LogP contribution in [0.3, 0.4) is 0 Å². The van der Waals surface area contributed by atoms with E-state index < -0.39 is 5.91 Å². The number of primary amides is 1. The summed E-state index contributed by atoms with van der Waals surface area (Å²) in [4.78, 5) is 13.5. The Bertz CT molecular complexity index is 466. The Morgan fingerprint density at radius 2 is 1.81 bits per heavy atom. The maximum absolute atomic E-state index is 11.0. The lowest BCUT2D eigenvalue weighted by Gasteiger charge is -2.28. The third-order valence-electron chi connectivity index (χ3n) is 4.59. The summed E-state index contributed by atoms with van der Waals surface area (Å²) in [7, 11) is 0. The molecule has 21 heavy (non-hydrogen) atoms. The first kappa shape index (κ1) is 16.1. The van der Waals surface area contributed by atoms with Crippen LogP contribution in [0, 0.1) is 11.8 Å². The molecule has 1 saturated heterocycles. The zero-order chi connectivity index (χ0) is 13.9. The van der Waals surface area contributed by atoms with Crippen LogP contribution >= 0.6 is 12.4 Å². The van der Waals surface area contributed by atoms with Crippen molar-refractivity contribution in [2.24, 2.45) is 17.6 Å². The third-order valence-corrected chi connectivity index (χ3v) is 4.59. The van der Waals surface area contributed by atoms with E-state index >= 15 is 0 Å². The molecule has 5 heteroatoms. The van der Waals surface area contributed by atoms with Crippen LogP contribution in [0.15, 0.2) is 24.3 Å². The number of rotatable bonds is 6. The van der Waals surface area contributed by atoms with Crippen LogP contribution in [0.2, 0.25) is 0 Å². The lowest BCUT2D eigenvalue weighted by atomic mass is 9.77. The minimum absolute atomic E-state index is 0. The molecule has 1 aromatic rings. The number of carbonyl (C=O) groups is 1. The van der Waals surface area contributed by atoms with Crippen molar-refractivity contribution >= 4 is 18.3 Å². The molecule has 2 atom stereocenters. The number of carbonyl (C=O) groups excluding carboxylic acids is 1. The van der Waals surface area contributed by atoms with Crippen molar-refractivity contribution < 1.29 is 9.53 Å². The highest BCUT2D eigenvalue weighted by atomic mass is 35.5. The fraction of sp³-hybridized carbons (Fsp3) is 0.562. The highest BCUT2D eigenvalue weighted by Crippen LogP contribution is 2.40. The molecule has 1 aliphatic carbocycles. The summed E-state index contributed by atoms with van der Waals surface area (Å²) in [5, 5.41) is 0. The number of benzene rings is 1. The first-order valence-electron chi connectivity index (χ1n) is 7.47. The van der Waals surface area contributed by atoms with Crippen molar-refractivity contribution in [1.29, 1.82) is 0 Å². The topological polar surface area (TPSA) is 55.6 Å². The standard InChI is InChI=1S/C16H22N2O2.ClH/c17-16(19)12-4-6-15(7-5-12)20-9-1-8-18-10-13-2-3-14(13)11-18;/h4-7,13-14H,1-3,8-11H2,(H2,17,19);1H/t13-,14+;. The van der Waals surface area contributed by atoms with Gasteiger partial charge in [0.2, 0.25) is 5.91 Å². The molecule has 2 N–H and O–H groups in total. The second-order valence-electron chi connectivity index (χ2n) is 5.95. The Labute approximate surface area is 132 Å². The first-order valence-corrected chi connectivity index (χ1v) is 7.47. The summed E-state index contributed by atoms with van der Waals surface area (Å²) in [5.74, 6) is 2.37. The predicted molar refractivity (Wildman–Crippen MR) is 85.0 cm³/mol. The van der Waals surface area contributed by atoms with Gasteiger partial charge in [-0.15, -0.1) is 12.4 Å². The molecule has 3 rings (SSSR count). The van der Waals surface area contributed by atoms with Crippen LogP contribution in [-0.4, -0.2) is 37.0 Å². The molecule has 1 heterocycles. The molecule has 2 fully saturated rings. The van der Waals surface area contributed by atoms with Gasteiger partial charge in [0.05, 0.1) is 6.61 Å². The average Bonchev–Trinajstić information content (AvgIpc) is 2.71. The fourth-order valence-corrected chi connectivity index (χ4v) is 3.23. The molecule has 2 aliphatic rings. The monoisotopic (exact) mass is 310 g/mol. The van der Waals surface area contributed by atoms with Gasteiger partial charge in [-0.2, -0.15) is 0 Å². The Kier molecular flexibility index (Phi) is 5.48. The minimum atomic E-state index is -0.403. The fourth-order valence-electron chi connectivity index (χ4n) is 3.23. The number of halogens is 1. The van der Waals surface area contributed by atoms with E-state index in [1.807, 2.05) is 0 Å². The van der Waals surface area contributed by atoms with E-state index in [0.717, 1.165) is 37.2 Å². The number of hydrogen-bond acceptors (Lipinski definition) is 3. The number of nitrogens with two attached hydrogens (primary N) is 1. The molecule has 0 unspecified atom stereocenters. The summed E-state index contributed by atoms with van der Waals surface area (Å²) in [6.07, 6.45) is 3.92. The Hall–Kier alpha value is -1.26. The maximum atomic E-state index is 11.0. The van der Waals surface area contributed by atoms with E-state index in [2.05, 4.69) is 4.90 Å². The summed E-state index contributed by atoms with van der Waals surface area (Å²) < 4.78 is 5.69. The van der Waals surface area contributed by atoms with Gasteiger partial charge in [-0.05, 0) is 55.4 Å². The quantitative estimate of drug-likeness (QED) is 0.820. The van der Waals surface area contributed by atoms with Gasteiger partial charge in [0.25, 0.3) is 0 Å². The molecule has 116 valence electrons. The van der Waals surface area contributed by atoms with Crippen molar-refractivity contribution in [3.05, 3.63) is 29.8 Å². The normalized spacial score (nSPS) is 23.8. The number of ether oxygens (including phenoxy) is 1. The first-order chi connectivity index (χ1) is 9.72. The lowest BCUT2D eigenvalue weighted by Crippen LogP contribution is -2.23. The molecule has 0 bridgehead atoms. The molecular formula is C16H23ClN2O2. The molecule has 0 aromatic heterocycles. The van der Waals surface area contributed by atoms with Crippen LogP contribution in [0.1, 0.15) is 29.6 Å². The van der Waals surface area contributed by atoms with E-state index in [1.165, 1.54) is 25.9 Å². The van der Waals surface area contributed by atoms with Gasteiger partial charge in [-0.25, -0.2) is 0 Å². The minimum Gasteiger partial charge on any atom is -0.494 e. The van der Waals surface area contributed by atoms with Crippen molar-refractivity contribution in [2.45, 2.75) is 19.3 Å². The van der Waals surface area contributed by atoms with Crippen LogP contribution in [-0.2, 0) is 0 Å². The van der Waals surface area contributed by atoms with Gasteiger partial charge < -0.3 is 15.4 Å². The molecule has 1 saturated carbocycles. The summed E-state index contributed by atoms with van der Waals surface area (Å²) in [6, 6.07) is 7.01. The van der Waals surface area contributed by atoms with Crippen LogP contribution in [0.4, 0.5) is 0 Å². The molecule has 0 radical (unpaired) electrons. The zero-order valence-corrected chi connectivity index (χ0v) is 13.0. The van der Waals surface area contributed by atoms with E-state index in [1.54, 1.807) is 24.3 Å². The molecular weight excluding hydrogens is 288 g/mol. The van der Waals surface area contributed by atoms with Crippen LogP contribution in [0.5, 0.6) is 5.75 Å². The SMILES string of the molecule is Cl.NC(=O)c1ccc(OCCCN2C[C@H]3CC[C@H]3C2)cc1. The summed E-state index contributed by atoms with van der Waals surface area (Å²) in [6.45, 7) is 4.43. The highest BCUT2D eigenvalue weighted by Gasteiger charge is 2.38. The van der Waals surface area contributed by atoms with Gasteiger partial charge in [0.15, 0.2) is 0 Å². The van der Waals surface area contributed by atoms with Crippen molar-refractivity contribution in [1.82, 2.24) is 4.90 Å². The number of fused-ring (bicyclic) bond motifs is 1. The summed E-state index contributed by atoms with van der Waals surface area (Å²) in [5.41, 5.74) is 5.72. The van der Waals surface area contributed by atoms with Crippen molar-refractivity contribution in [2.75, 3.05) is 26.2 Å². The molecule has 1 aliphatic heterocycles. The zero-order valence-electron chi connectivity index (χ0n) is 12.2. The molecule has 0 spiro atoms. The second kappa shape index (κ2) is 7.14. The Balaban J connectivity index is 0.00000161. The third kappa shape index (κ3) is 3.89. The predicted octanol–water partition coefficient (Wildman–Crippen LogP) is 2.32. The average molecular weight is 311 g/mol. The van der Waals surface area contributed by atoms with Crippen molar-refractivity contribution in [3.63, 3.8) is 0 Å². The maximum Gasteiger partial charge on any atom is 0.248 e. The van der Waals surface area contributed by atoms with E-state index in [-0.39, 0.29) is 12.4 Å². The van der Waals surface area contributed by atoms with Gasteiger partial charge in [0.1, 0.15) is 5.75 Å². The van der Waals surface area contributed by atoms with Gasteiger partial charge in [-0.3, -0.25) is 4.79 Å². The van der Waals surface area contributed by atoms with Crippen molar-refractivity contribution in [3.8, 4) is 5.75 Å².